The Bertz CT molecular complexity index is 1380. The minimum absolute atomic E-state index is 0.193. The van der Waals surface area contributed by atoms with Gasteiger partial charge in [0.2, 0.25) is 11.8 Å². The molecule has 1 spiro atoms. The van der Waals surface area contributed by atoms with Gasteiger partial charge >= 0.3 is 0 Å². The van der Waals surface area contributed by atoms with Gasteiger partial charge in [0.05, 0.1) is 30.1 Å². The number of carbonyl (C=O) groups is 3. The quantitative estimate of drug-likeness (QED) is 0.344. The highest BCUT2D eigenvalue weighted by Crippen LogP contribution is 2.65. The van der Waals surface area contributed by atoms with Gasteiger partial charge in [-0.15, -0.1) is 13.2 Å². The summed E-state index contributed by atoms with van der Waals surface area (Å²) < 4.78 is 6.96. The molecule has 0 aliphatic carbocycles. The Hall–Kier alpha value is -3.46. The highest BCUT2D eigenvalue weighted by atomic mass is 35.5. The lowest BCUT2D eigenvalue weighted by Crippen LogP contribution is -2.59. The van der Waals surface area contributed by atoms with Crippen LogP contribution in [0.15, 0.2) is 79.9 Å². The van der Waals surface area contributed by atoms with Crippen LogP contribution in [0.25, 0.3) is 0 Å². The number of likely N-dealkylation sites (tertiary alicyclic amines) is 1. The van der Waals surface area contributed by atoms with Crippen LogP contribution >= 0.6 is 11.6 Å². The highest BCUT2D eigenvalue weighted by Gasteiger charge is 2.79. The maximum atomic E-state index is 14.7. The van der Waals surface area contributed by atoms with Gasteiger partial charge in [-0.1, -0.05) is 55.8 Å². The van der Waals surface area contributed by atoms with E-state index in [0.717, 1.165) is 0 Å². The Morgan fingerprint density at radius 1 is 1.02 bits per heavy atom. The molecule has 0 aromatic heterocycles. The lowest BCUT2D eigenvalue weighted by atomic mass is 9.64. The number of fused-ring (bicyclic) bond motifs is 1. The number of hydrogen-bond acceptors (Lipinski definition) is 5. The van der Waals surface area contributed by atoms with Crippen molar-refractivity contribution in [3.8, 4) is 0 Å². The van der Waals surface area contributed by atoms with E-state index in [-0.39, 0.29) is 37.4 Å². The van der Waals surface area contributed by atoms with Crippen molar-refractivity contribution in [3.05, 3.63) is 84.9 Å². The van der Waals surface area contributed by atoms with Crippen molar-refractivity contribution in [3.63, 3.8) is 0 Å². The number of amides is 3. The average Bonchev–Trinajstić information content (AvgIpc) is 3.63. The molecular weight excluding hydrogens is 566 g/mol. The Morgan fingerprint density at radius 3 is 2.19 bits per heavy atom. The number of rotatable bonds is 12. The fourth-order valence-electron chi connectivity index (χ4n) is 7.57. The zero-order valence-corrected chi connectivity index (χ0v) is 25.6. The average molecular weight is 606 g/mol. The summed E-state index contributed by atoms with van der Waals surface area (Å²) in [5.41, 5.74) is -0.826. The van der Waals surface area contributed by atoms with Crippen LogP contribution in [0.3, 0.4) is 0 Å². The van der Waals surface area contributed by atoms with Crippen LogP contribution in [0.1, 0.15) is 39.5 Å². The molecule has 3 fully saturated rings. The summed E-state index contributed by atoms with van der Waals surface area (Å²) >= 11 is 6.15. The molecular formula is C34H40ClN3O5. The topological polar surface area (TPSA) is 90.4 Å². The molecule has 2 bridgehead atoms. The predicted octanol–water partition coefficient (Wildman–Crippen LogP) is 5.00. The van der Waals surface area contributed by atoms with Crippen LogP contribution in [0, 0.1) is 11.8 Å². The van der Waals surface area contributed by atoms with Gasteiger partial charge in [-0.2, -0.15) is 0 Å². The van der Waals surface area contributed by atoms with Gasteiger partial charge in [0.1, 0.15) is 11.6 Å². The van der Waals surface area contributed by atoms with Gasteiger partial charge in [0.25, 0.3) is 5.91 Å². The first-order valence-electron chi connectivity index (χ1n) is 15.0. The second-order valence-electron chi connectivity index (χ2n) is 11.6. The molecule has 8 nitrogen and oxygen atoms in total. The summed E-state index contributed by atoms with van der Waals surface area (Å²) in [5.74, 6) is -2.57. The van der Waals surface area contributed by atoms with Gasteiger partial charge < -0.3 is 24.5 Å². The highest BCUT2D eigenvalue weighted by molar-refractivity contribution is 6.30. The predicted molar refractivity (Wildman–Crippen MR) is 168 cm³/mol. The van der Waals surface area contributed by atoms with Crippen molar-refractivity contribution in [2.75, 3.05) is 29.5 Å². The van der Waals surface area contributed by atoms with Crippen molar-refractivity contribution in [2.45, 2.75) is 62.8 Å². The van der Waals surface area contributed by atoms with Crippen LogP contribution in [0.5, 0.6) is 0 Å². The minimum atomic E-state index is -1.23. The Kier molecular flexibility index (Phi) is 8.84. The molecule has 0 radical (unpaired) electrons. The normalized spacial score (nSPS) is 28.0. The van der Waals surface area contributed by atoms with Crippen LogP contribution in [0.4, 0.5) is 11.4 Å². The molecule has 0 saturated carbocycles. The lowest BCUT2D eigenvalue weighted by molar-refractivity contribution is -0.149. The summed E-state index contributed by atoms with van der Waals surface area (Å²) in [6.07, 6.45) is 5.23. The molecule has 1 N–H and O–H groups in total. The van der Waals surface area contributed by atoms with Crippen LogP contribution in [-0.4, -0.2) is 70.7 Å². The minimum Gasteiger partial charge on any atom is -0.394 e. The van der Waals surface area contributed by atoms with Gasteiger partial charge in [-0.05, 0) is 62.1 Å². The van der Waals surface area contributed by atoms with E-state index < -0.39 is 35.1 Å². The van der Waals surface area contributed by atoms with E-state index in [4.69, 9.17) is 16.3 Å². The Morgan fingerprint density at radius 2 is 1.63 bits per heavy atom. The number of anilines is 2. The Labute approximate surface area is 258 Å². The van der Waals surface area contributed by atoms with Crippen molar-refractivity contribution in [1.82, 2.24) is 4.90 Å². The molecule has 3 amide bonds. The zero-order valence-electron chi connectivity index (χ0n) is 24.8. The molecule has 228 valence electrons. The van der Waals surface area contributed by atoms with Gasteiger partial charge in [-0.3, -0.25) is 14.4 Å². The second-order valence-corrected chi connectivity index (χ2v) is 12.0. The monoisotopic (exact) mass is 605 g/mol. The molecule has 5 rings (SSSR count). The van der Waals surface area contributed by atoms with Gasteiger partial charge in [-0.25, -0.2) is 0 Å². The number of hydrogen-bond donors (Lipinski definition) is 1. The molecule has 2 aromatic rings. The first kappa shape index (κ1) is 31.0. The number of halogens is 1. The first-order valence-corrected chi connectivity index (χ1v) is 15.4. The Balaban J connectivity index is 1.64. The molecule has 6 atom stereocenters. The lowest BCUT2D eigenvalue weighted by Gasteiger charge is -2.39. The maximum Gasteiger partial charge on any atom is 0.253 e. The van der Waals surface area contributed by atoms with Gasteiger partial charge in [0, 0.05) is 29.5 Å². The van der Waals surface area contributed by atoms with E-state index in [0.29, 0.717) is 42.1 Å². The number of nitrogens with zero attached hydrogens (tertiary/aromatic N) is 3. The van der Waals surface area contributed by atoms with Crippen molar-refractivity contribution >= 4 is 40.7 Å². The van der Waals surface area contributed by atoms with Crippen LogP contribution < -0.4 is 9.80 Å². The number of aliphatic hydroxyl groups is 1. The molecule has 3 aliphatic rings. The molecule has 43 heavy (non-hydrogen) atoms. The summed E-state index contributed by atoms with van der Waals surface area (Å²) in [4.78, 5) is 48.7. The fourth-order valence-corrected chi connectivity index (χ4v) is 7.69. The van der Waals surface area contributed by atoms with Crippen LogP contribution in [0.2, 0.25) is 5.02 Å². The van der Waals surface area contributed by atoms with E-state index in [1.54, 1.807) is 46.2 Å². The first-order chi connectivity index (χ1) is 20.7. The third kappa shape index (κ3) is 4.89. The summed E-state index contributed by atoms with van der Waals surface area (Å²) in [6, 6.07) is 14.6. The van der Waals surface area contributed by atoms with Gasteiger partial charge in [0.15, 0.2) is 0 Å². The van der Waals surface area contributed by atoms with Crippen LogP contribution in [-0.2, 0) is 19.1 Å². The second kappa shape index (κ2) is 12.3. The smallest absolute Gasteiger partial charge is 0.253 e. The standard InChI is InChI=1S/C34H40ClN3O5/c1-5-20-36(25-12-10-9-11-13-25)30(40)27-28-31(41)38(24(7-3)22-39)29(34(28)19-18-33(27,8-4)43-34)32(42)37(21-6-2)26-16-14-23(35)15-17-26/h5-6,9-17,24,27-29,39H,1-2,7-8,18-22H2,3-4H3/t24-,27-,28-,29?,33+,34?/m0/s1. The SMILES string of the molecule is C=CCN(C(=O)C1N([C@@H](CC)CO)C(=O)[C@@H]2[C@@H](C(=O)N(CC=C)c3ccccc3)[C@@]3(CC)CCC12O3)c1ccc(Cl)cc1. The largest absolute Gasteiger partial charge is 0.394 e. The van der Waals surface area contributed by atoms with Crippen molar-refractivity contribution in [1.29, 1.82) is 0 Å². The molecule has 3 saturated heterocycles. The van der Waals surface area contributed by atoms with E-state index in [9.17, 15) is 19.5 Å². The summed E-state index contributed by atoms with van der Waals surface area (Å²) in [7, 11) is 0. The van der Waals surface area contributed by atoms with Crippen molar-refractivity contribution < 1.29 is 24.2 Å². The molecule has 2 unspecified atom stereocenters. The number of carbonyl (C=O) groups excluding carboxylic acids is 3. The summed E-state index contributed by atoms with van der Waals surface area (Å²) in [5, 5.41) is 11.0. The molecule has 9 heteroatoms. The molecule has 3 heterocycles. The van der Waals surface area contributed by atoms with Crippen molar-refractivity contribution in [2.24, 2.45) is 11.8 Å². The number of benzene rings is 2. The zero-order chi connectivity index (χ0) is 30.9. The molecule has 2 aromatic carbocycles. The number of ether oxygens (including phenoxy) is 1. The molecule has 3 aliphatic heterocycles. The number of aliphatic hydroxyl groups excluding tert-OH is 1. The summed E-state index contributed by atoms with van der Waals surface area (Å²) in [6.45, 7) is 11.7. The number of para-hydroxylation sites is 1. The van der Waals surface area contributed by atoms with E-state index >= 15 is 0 Å². The fraction of sp³-hybridized carbons (Fsp3) is 0.441. The third-order valence-electron chi connectivity index (χ3n) is 9.56. The van der Waals surface area contributed by atoms with E-state index in [2.05, 4.69) is 13.2 Å². The van der Waals surface area contributed by atoms with E-state index in [1.807, 2.05) is 44.2 Å². The van der Waals surface area contributed by atoms with E-state index in [1.165, 1.54) is 4.90 Å². The maximum absolute atomic E-state index is 14.7. The third-order valence-corrected chi connectivity index (χ3v) is 9.81.